The smallest absolute Gasteiger partial charge is 0.259 e. The van der Waals surface area contributed by atoms with Gasteiger partial charge in [0, 0.05) is 56.0 Å². The van der Waals surface area contributed by atoms with E-state index < -0.39 is 5.91 Å². The lowest BCUT2D eigenvalue weighted by Crippen LogP contribution is -2.49. The Morgan fingerprint density at radius 1 is 1.02 bits per heavy atom. The van der Waals surface area contributed by atoms with Crippen molar-refractivity contribution in [2.45, 2.75) is 19.8 Å². The second-order valence-electron chi connectivity index (χ2n) is 11.0. The first-order valence-electron chi connectivity index (χ1n) is 14.8. The van der Waals surface area contributed by atoms with Gasteiger partial charge in [0.05, 0.1) is 23.5 Å². The molecule has 13 heteroatoms. The Morgan fingerprint density at radius 2 is 1.76 bits per heavy atom. The molecule has 4 aromatic rings. The number of methoxy groups -OCH3 is 1. The maximum atomic E-state index is 13.7. The molecule has 46 heavy (non-hydrogen) atoms. The number of hydrogen-bond donors (Lipinski definition) is 1. The van der Waals surface area contributed by atoms with Gasteiger partial charge in [-0.3, -0.25) is 14.4 Å². The summed E-state index contributed by atoms with van der Waals surface area (Å²) < 4.78 is 10.9. The molecule has 1 aromatic heterocycles. The summed E-state index contributed by atoms with van der Waals surface area (Å²) in [7, 11) is 1.56. The highest BCUT2D eigenvalue weighted by Gasteiger charge is 2.30. The van der Waals surface area contributed by atoms with Crippen LogP contribution in [0.3, 0.4) is 0 Å². The molecule has 236 valence electrons. The number of halogens is 1. The third-order valence-corrected chi connectivity index (χ3v) is 8.58. The number of rotatable bonds is 8. The van der Waals surface area contributed by atoms with Crippen LogP contribution in [0.5, 0.6) is 5.75 Å². The molecule has 0 radical (unpaired) electrons. The van der Waals surface area contributed by atoms with E-state index in [0.29, 0.717) is 83.7 Å². The Kier molecular flexibility index (Phi) is 8.71. The zero-order valence-electron chi connectivity index (χ0n) is 25.3. The number of hydrogen-bond acceptors (Lipinski definition) is 9. The van der Waals surface area contributed by atoms with E-state index in [1.165, 1.54) is 6.07 Å². The van der Waals surface area contributed by atoms with Gasteiger partial charge >= 0.3 is 0 Å². The van der Waals surface area contributed by atoms with Crippen LogP contribution in [-0.4, -0.2) is 67.6 Å². The average molecular weight is 643 g/mol. The van der Waals surface area contributed by atoms with E-state index in [2.05, 4.69) is 15.7 Å². The van der Waals surface area contributed by atoms with Crippen LogP contribution in [0.1, 0.15) is 39.3 Å². The summed E-state index contributed by atoms with van der Waals surface area (Å²) in [5.41, 5.74) is 3.33. The fourth-order valence-corrected chi connectivity index (χ4v) is 6.11. The van der Waals surface area contributed by atoms with Crippen LogP contribution in [0.2, 0.25) is 5.02 Å². The predicted molar refractivity (Wildman–Crippen MR) is 174 cm³/mol. The predicted octanol–water partition coefficient (Wildman–Crippen LogP) is 6.05. The van der Waals surface area contributed by atoms with Gasteiger partial charge in [-0.25, -0.2) is 0 Å². The quantitative estimate of drug-likeness (QED) is 0.229. The van der Waals surface area contributed by atoms with E-state index in [0.717, 1.165) is 12.1 Å². The number of carbonyl (C=O) groups is 3. The van der Waals surface area contributed by atoms with E-state index in [1.807, 2.05) is 23.1 Å². The number of anilines is 3. The summed E-state index contributed by atoms with van der Waals surface area (Å²) in [5.74, 6) is 0.398. The van der Waals surface area contributed by atoms with Gasteiger partial charge in [-0.15, -0.1) is 4.91 Å². The average Bonchev–Trinajstić information content (AvgIpc) is 3.69. The number of aromatic nitrogens is 1. The third kappa shape index (κ3) is 5.91. The second-order valence-corrected chi connectivity index (χ2v) is 11.4. The van der Waals surface area contributed by atoms with Gasteiger partial charge in [0.2, 0.25) is 5.91 Å². The number of para-hydroxylation sites is 1. The Labute approximate surface area is 269 Å². The van der Waals surface area contributed by atoms with Crippen molar-refractivity contribution < 1.29 is 23.6 Å². The maximum absolute atomic E-state index is 13.7. The molecule has 6 rings (SSSR count). The number of benzene rings is 3. The minimum absolute atomic E-state index is 0.0120. The molecular weight excluding hydrogens is 612 g/mol. The molecule has 0 atom stereocenters. The molecule has 2 aliphatic heterocycles. The first kappa shape index (κ1) is 30.8. The molecule has 12 nitrogen and oxygen atoms in total. The SMILES string of the molecule is COc1ccccc1-c1noc(C)c1C(=O)N1CCN(c2cc(NC(=O)c3ccc(N4CCCC4=O)cc3)c(N=O)cc2Cl)CC1. The second kappa shape index (κ2) is 13.0. The fourth-order valence-electron chi connectivity index (χ4n) is 5.83. The van der Waals surface area contributed by atoms with E-state index >= 15 is 0 Å². The van der Waals surface area contributed by atoms with Crippen molar-refractivity contribution in [3.8, 4) is 17.0 Å². The van der Waals surface area contributed by atoms with Crippen LogP contribution >= 0.6 is 11.6 Å². The number of amides is 3. The number of ether oxygens (including phenoxy) is 1. The number of aryl methyl sites for hydroxylation is 1. The van der Waals surface area contributed by atoms with Crippen LogP contribution in [0.15, 0.2) is 70.4 Å². The van der Waals surface area contributed by atoms with Gasteiger partial charge in [0.1, 0.15) is 28.5 Å². The number of nitrogens with zero attached hydrogens (tertiary/aromatic N) is 5. The number of piperazine rings is 1. The van der Waals surface area contributed by atoms with Gasteiger partial charge in [0.25, 0.3) is 11.8 Å². The van der Waals surface area contributed by atoms with E-state index in [1.54, 1.807) is 60.2 Å². The van der Waals surface area contributed by atoms with Crippen LogP contribution < -0.4 is 19.9 Å². The molecular formula is C33H31ClN6O6. The molecule has 3 amide bonds. The van der Waals surface area contributed by atoms with Crippen molar-refractivity contribution in [1.82, 2.24) is 10.1 Å². The monoisotopic (exact) mass is 642 g/mol. The fraction of sp³-hybridized carbons (Fsp3) is 0.273. The minimum atomic E-state index is -0.442. The molecule has 2 saturated heterocycles. The summed E-state index contributed by atoms with van der Waals surface area (Å²) in [6.07, 6.45) is 1.32. The van der Waals surface area contributed by atoms with E-state index in [4.69, 9.17) is 20.9 Å². The number of nitrogens with one attached hydrogen (secondary N) is 1. The Bertz CT molecular complexity index is 1820. The van der Waals surface area contributed by atoms with E-state index in [-0.39, 0.29) is 23.2 Å². The Morgan fingerprint density at radius 3 is 2.43 bits per heavy atom. The highest BCUT2D eigenvalue weighted by Crippen LogP contribution is 2.38. The third-order valence-electron chi connectivity index (χ3n) is 8.27. The lowest BCUT2D eigenvalue weighted by atomic mass is 10.0. The zero-order valence-corrected chi connectivity index (χ0v) is 26.0. The first-order chi connectivity index (χ1) is 22.3. The molecule has 1 N–H and O–H groups in total. The first-order valence-corrected chi connectivity index (χ1v) is 15.2. The number of nitroso groups, excluding NO2 is 1. The van der Waals surface area contributed by atoms with Crippen molar-refractivity contribution in [1.29, 1.82) is 0 Å². The molecule has 0 spiro atoms. The van der Waals surface area contributed by atoms with Crippen molar-refractivity contribution in [2.75, 3.05) is 55.0 Å². The van der Waals surface area contributed by atoms with Crippen LogP contribution in [0.4, 0.5) is 22.7 Å². The summed E-state index contributed by atoms with van der Waals surface area (Å²) >= 11 is 6.58. The zero-order chi connectivity index (χ0) is 32.4. The van der Waals surface area contributed by atoms with Crippen molar-refractivity contribution in [2.24, 2.45) is 5.18 Å². The van der Waals surface area contributed by atoms with Crippen LogP contribution in [-0.2, 0) is 4.79 Å². The van der Waals surface area contributed by atoms with Crippen LogP contribution in [0, 0.1) is 11.8 Å². The molecule has 3 heterocycles. The molecule has 0 saturated carbocycles. The Hall–Kier alpha value is -5.23. The lowest BCUT2D eigenvalue weighted by molar-refractivity contribution is -0.117. The highest BCUT2D eigenvalue weighted by atomic mass is 35.5. The van der Waals surface area contributed by atoms with Gasteiger partial charge in [-0.05, 0) is 67.1 Å². The Balaban J connectivity index is 1.16. The van der Waals surface area contributed by atoms with Gasteiger partial charge < -0.3 is 29.3 Å². The molecule has 0 aliphatic carbocycles. The van der Waals surface area contributed by atoms with Crippen molar-refractivity contribution in [3.63, 3.8) is 0 Å². The van der Waals surface area contributed by atoms with Crippen molar-refractivity contribution in [3.05, 3.63) is 87.5 Å². The van der Waals surface area contributed by atoms with Gasteiger partial charge in [-0.2, -0.15) is 0 Å². The molecule has 3 aromatic carbocycles. The molecule has 2 aliphatic rings. The minimum Gasteiger partial charge on any atom is -0.496 e. The van der Waals surface area contributed by atoms with E-state index in [9.17, 15) is 19.3 Å². The normalized spacial score (nSPS) is 14.8. The van der Waals surface area contributed by atoms with Crippen LogP contribution in [0.25, 0.3) is 11.3 Å². The van der Waals surface area contributed by atoms with Gasteiger partial charge in [-0.1, -0.05) is 28.9 Å². The molecule has 2 fully saturated rings. The molecule has 0 unspecified atom stereocenters. The summed E-state index contributed by atoms with van der Waals surface area (Å²) in [5, 5.41) is 10.3. The number of carbonyl (C=O) groups excluding carboxylic acids is 3. The maximum Gasteiger partial charge on any atom is 0.259 e. The molecule has 0 bridgehead atoms. The highest BCUT2D eigenvalue weighted by molar-refractivity contribution is 6.34. The lowest BCUT2D eigenvalue weighted by Gasteiger charge is -2.36. The summed E-state index contributed by atoms with van der Waals surface area (Å²) in [6, 6.07) is 17.1. The van der Waals surface area contributed by atoms with Gasteiger partial charge in [0.15, 0.2) is 0 Å². The standard InChI is InChI=1S/C33H31ClN6O6/c1-20-30(31(37-46-20)23-6-3-4-7-28(23)45-2)33(43)39-16-14-38(15-17-39)27-19-25(26(36-44)18-24(27)34)35-32(42)21-9-11-22(12-10-21)40-13-5-8-29(40)41/h3-4,6-7,9-12,18-19H,5,8,13-17H2,1-2H3,(H,35,42). The van der Waals surface area contributed by atoms with Crippen molar-refractivity contribution >= 4 is 52.1 Å². The summed E-state index contributed by atoms with van der Waals surface area (Å²) in [4.78, 5) is 56.0. The largest absolute Gasteiger partial charge is 0.496 e. The topological polar surface area (TPSA) is 138 Å². The summed E-state index contributed by atoms with van der Waals surface area (Å²) in [6.45, 7) is 4.00.